The van der Waals surface area contributed by atoms with Gasteiger partial charge in [-0.25, -0.2) is 0 Å². The highest BCUT2D eigenvalue weighted by Gasteiger charge is 2.52. The van der Waals surface area contributed by atoms with Crippen LogP contribution in [-0.2, 0) is 19.1 Å². The van der Waals surface area contributed by atoms with E-state index < -0.39 is 53.0 Å². The Kier molecular flexibility index (Phi) is 9.25. The zero-order valence-electron chi connectivity index (χ0n) is 26.1. The first-order valence-electron chi connectivity index (χ1n) is 17.8. The van der Waals surface area contributed by atoms with Crippen LogP contribution in [0.4, 0.5) is 0 Å². The van der Waals surface area contributed by atoms with Crippen molar-refractivity contribution in [1.29, 1.82) is 0 Å². The summed E-state index contributed by atoms with van der Waals surface area (Å²) < 4.78 is 11.8. The Bertz CT molecular complexity index is 848. The second-order valence-corrected chi connectivity index (χ2v) is 15.8. The van der Waals surface area contributed by atoms with E-state index in [9.17, 15) is 30.0 Å². The number of hydrogen-bond donors (Lipinski definition) is 4. The quantitative estimate of drug-likeness (QED) is 0.218. The van der Waals surface area contributed by atoms with Gasteiger partial charge in [-0.3, -0.25) is 9.59 Å². The molecule has 0 aromatic rings. The van der Waals surface area contributed by atoms with Gasteiger partial charge in [-0.2, -0.15) is 0 Å². The second kappa shape index (κ2) is 12.5. The van der Waals surface area contributed by atoms with Crippen LogP contribution in [0, 0.1) is 23.7 Å². The molecule has 6 aliphatic rings. The molecule has 0 aliphatic heterocycles. The van der Waals surface area contributed by atoms with Gasteiger partial charge in [0.05, 0.1) is 22.4 Å². The summed E-state index contributed by atoms with van der Waals surface area (Å²) in [7, 11) is 0. The highest BCUT2D eigenvalue weighted by molar-refractivity contribution is 5.91. The Labute approximate surface area is 257 Å². The van der Waals surface area contributed by atoms with Crippen LogP contribution in [0.5, 0.6) is 0 Å². The topological polar surface area (TPSA) is 134 Å². The van der Waals surface area contributed by atoms with Crippen LogP contribution in [0.1, 0.15) is 148 Å². The average molecular weight is 605 g/mol. The lowest BCUT2D eigenvalue weighted by molar-refractivity contribution is -0.172. The van der Waals surface area contributed by atoms with Gasteiger partial charge in [-0.15, -0.1) is 0 Å². The number of hydrogen-bond acceptors (Lipinski definition) is 8. The summed E-state index contributed by atoms with van der Waals surface area (Å²) in [5.74, 6) is -1.33. The third kappa shape index (κ3) is 6.83. The van der Waals surface area contributed by atoms with Gasteiger partial charge in [-0.1, -0.05) is 51.4 Å². The molecule has 0 amide bonds. The molecule has 8 heteroatoms. The molecular weight excluding hydrogens is 548 g/mol. The summed E-state index contributed by atoms with van der Waals surface area (Å²) in [6, 6.07) is 0. The smallest absolute Gasteiger partial charge is 0.317 e. The van der Waals surface area contributed by atoms with E-state index in [2.05, 4.69) is 0 Å². The normalized spacial score (nSPS) is 38.1. The summed E-state index contributed by atoms with van der Waals surface area (Å²) in [4.78, 5) is 26.2. The van der Waals surface area contributed by atoms with Crippen molar-refractivity contribution in [2.75, 3.05) is 0 Å². The van der Waals surface area contributed by atoms with E-state index in [1.807, 2.05) is 0 Å². The maximum Gasteiger partial charge on any atom is 0.317 e. The van der Waals surface area contributed by atoms with Crippen LogP contribution in [-0.4, -0.2) is 67.0 Å². The summed E-state index contributed by atoms with van der Waals surface area (Å²) in [6.45, 7) is 0. The molecule has 8 nitrogen and oxygen atoms in total. The molecule has 0 spiro atoms. The molecule has 244 valence electrons. The minimum atomic E-state index is -0.766. The predicted molar refractivity (Wildman–Crippen MR) is 160 cm³/mol. The maximum atomic E-state index is 13.1. The molecule has 4 N–H and O–H groups in total. The maximum absolute atomic E-state index is 13.1. The fourth-order valence-electron chi connectivity index (χ4n) is 10.6. The molecule has 0 aromatic heterocycles. The van der Waals surface area contributed by atoms with Crippen LogP contribution in [0.3, 0.4) is 0 Å². The number of carbonyl (C=O) groups excluding carboxylic acids is 2. The third-order valence-electron chi connectivity index (χ3n) is 13.1. The van der Waals surface area contributed by atoms with Gasteiger partial charge >= 0.3 is 11.9 Å². The van der Waals surface area contributed by atoms with Gasteiger partial charge in [0.1, 0.15) is 18.6 Å². The highest BCUT2D eigenvalue weighted by atomic mass is 16.6. The van der Waals surface area contributed by atoms with Crippen molar-refractivity contribution < 1.29 is 39.5 Å². The van der Waals surface area contributed by atoms with Crippen LogP contribution < -0.4 is 0 Å². The SMILES string of the molecule is O=C(CC(=O)OC1CC(C2(O)CCCC2)CC(C2(O)CCCC2)C1)OC1CC(C2(O)CCCC2)CC(C2(O)CCCC2)C1. The first-order valence-corrected chi connectivity index (χ1v) is 17.8. The average Bonchev–Trinajstić information content (AvgIpc) is 3.79. The summed E-state index contributed by atoms with van der Waals surface area (Å²) >= 11 is 0. The van der Waals surface area contributed by atoms with Crippen molar-refractivity contribution in [3.63, 3.8) is 0 Å². The Balaban J connectivity index is 1.08. The molecule has 4 unspecified atom stereocenters. The lowest BCUT2D eigenvalue weighted by Gasteiger charge is -2.46. The number of carbonyl (C=O) groups is 2. The fraction of sp³-hybridized carbons (Fsp3) is 0.943. The second-order valence-electron chi connectivity index (χ2n) is 15.8. The van der Waals surface area contributed by atoms with Crippen molar-refractivity contribution >= 4 is 11.9 Å². The third-order valence-corrected chi connectivity index (χ3v) is 13.1. The minimum Gasteiger partial charge on any atom is -0.462 e. The van der Waals surface area contributed by atoms with E-state index in [1.54, 1.807) is 0 Å². The van der Waals surface area contributed by atoms with Crippen molar-refractivity contribution in [1.82, 2.24) is 0 Å². The van der Waals surface area contributed by atoms with Crippen LogP contribution in [0.2, 0.25) is 0 Å². The van der Waals surface area contributed by atoms with E-state index in [0.29, 0.717) is 25.7 Å². The van der Waals surface area contributed by atoms with Gasteiger partial charge in [0, 0.05) is 0 Å². The van der Waals surface area contributed by atoms with Crippen LogP contribution >= 0.6 is 0 Å². The van der Waals surface area contributed by atoms with Gasteiger partial charge in [0.25, 0.3) is 0 Å². The standard InChI is InChI=1S/C35H56O8/c36-30(42-28-19-24(32(38)9-1-2-10-32)17-25(20-28)33(39)11-3-4-12-33)23-31(37)43-29-21-26(34(40)13-5-6-14-34)18-27(22-29)35(41)15-7-8-16-35/h24-29,38-41H,1-23H2. The molecule has 0 saturated heterocycles. The Morgan fingerprint density at radius 3 is 0.907 bits per heavy atom. The monoisotopic (exact) mass is 604 g/mol. The van der Waals surface area contributed by atoms with E-state index >= 15 is 0 Å². The van der Waals surface area contributed by atoms with E-state index in [0.717, 1.165) is 116 Å². The molecule has 0 heterocycles. The Morgan fingerprint density at radius 1 is 0.442 bits per heavy atom. The van der Waals surface area contributed by atoms with Crippen molar-refractivity contribution in [3.8, 4) is 0 Å². The molecule has 6 saturated carbocycles. The summed E-state index contributed by atoms with van der Waals surface area (Å²) in [5.41, 5.74) is -3.06. The zero-order valence-corrected chi connectivity index (χ0v) is 26.1. The Hall–Kier alpha value is -1.22. The number of aliphatic hydroxyl groups is 4. The predicted octanol–water partition coefficient (Wildman–Crippen LogP) is 5.25. The largest absolute Gasteiger partial charge is 0.462 e. The fourth-order valence-corrected chi connectivity index (χ4v) is 10.6. The van der Waals surface area contributed by atoms with E-state index in [-0.39, 0.29) is 23.7 Å². The first kappa shape index (κ1) is 31.7. The number of esters is 2. The molecule has 6 aliphatic carbocycles. The number of ether oxygens (including phenoxy) is 2. The first-order chi connectivity index (χ1) is 20.5. The molecule has 4 atom stereocenters. The van der Waals surface area contributed by atoms with Crippen molar-refractivity contribution in [2.24, 2.45) is 23.7 Å². The van der Waals surface area contributed by atoms with Gasteiger partial charge < -0.3 is 29.9 Å². The van der Waals surface area contributed by atoms with Gasteiger partial charge in [0.15, 0.2) is 0 Å². The summed E-state index contributed by atoms with van der Waals surface area (Å²) in [6.07, 6.45) is 16.4. The molecule has 0 aromatic carbocycles. The Morgan fingerprint density at radius 2 is 0.674 bits per heavy atom. The van der Waals surface area contributed by atoms with E-state index in [1.165, 1.54) is 0 Å². The molecule has 6 rings (SSSR count). The van der Waals surface area contributed by atoms with Crippen molar-refractivity contribution in [2.45, 2.75) is 182 Å². The van der Waals surface area contributed by atoms with Crippen molar-refractivity contribution in [3.05, 3.63) is 0 Å². The van der Waals surface area contributed by atoms with Gasteiger partial charge in [-0.05, 0) is 114 Å². The molecular formula is C35H56O8. The summed E-state index contributed by atoms with van der Waals surface area (Å²) in [5, 5.41) is 45.8. The minimum absolute atomic E-state index is 0.0259. The molecule has 6 fully saturated rings. The molecule has 0 bridgehead atoms. The molecule has 43 heavy (non-hydrogen) atoms. The van der Waals surface area contributed by atoms with Crippen LogP contribution in [0.25, 0.3) is 0 Å². The lowest BCUT2D eigenvalue weighted by Crippen LogP contribution is -2.48. The zero-order chi connectivity index (χ0) is 30.3. The van der Waals surface area contributed by atoms with Gasteiger partial charge in [0.2, 0.25) is 0 Å². The lowest BCUT2D eigenvalue weighted by atomic mass is 9.66. The molecule has 0 radical (unpaired) electrons. The highest BCUT2D eigenvalue weighted by Crippen LogP contribution is 2.52. The van der Waals surface area contributed by atoms with E-state index in [4.69, 9.17) is 9.47 Å². The van der Waals surface area contributed by atoms with Crippen LogP contribution in [0.15, 0.2) is 0 Å². The number of rotatable bonds is 8.